The number of carbonyl (C=O) groups excluding carboxylic acids is 2. The van der Waals surface area contributed by atoms with Crippen LogP contribution >= 0.6 is 22.9 Å². The maximum absolute atomic E-state index is 13.0. The highest BCUT2D eigenvalue weighted by Crippen LogP contribution is 2.35. The van der Waals surface area contributed by atoms with Gasteiger partial charge in [0.1, 0.15) is 15.7 Å². The Kier molecular flexibility index (Phi) is 7.38. The van der Waals surface area contributed by atoms with Crippen molar-refractivity contribution in [3.63, 3.8) is 0 Å². The van der Waals surface area contributed by atoms with Crippen LogP contribution in [0.2, 0.25) is 5.02 Å². The Bertz CT molecular complexity index is 1180. The molecule has 0 aliphatic rings. The minimum Gasteiger partial charge on any atom is -0.343 e. The highest BCUT2D eigenvalue weighted by atomic mass is 35.5. The molecule has 176 valence electrons. The summed E-state index contributed by atoms with van der Waals surface area (Å²) in [4.78, 5) is 33.1. The van der Waals surface area contributed by atoms with Gasteiger partial charge in [0.05, 0.1) is 34.6 Å². The Morgan fingerprint density at radius 2 is 1.94 bits per heavy atom. The zero-order chi connectivity index (χ0) is 24.3. The lowest BCUT2D eigenvalue weighted by molar-refractivity contribution is -0.137. The molecule has 0 fully saturated rings. The third kappa shape index (κ3) is 5.69. The average Bonchev–Trinajstić information content (AvgIpc) is 3.37. The van der Waals surface area contributed by atoms with Crippen LogP contribution in [-0.4, -0.2) is 31.6 Å². The highest BCUT2D eigenvalue weighted by molar-refractivity contribution is 7.13. The number of pyridine rings is 1. The Balaban J connectivity index is 1.68. The number of carbonyl (C=O) groups is 2. The molecule has 3 aromatic heterocycles. The van der Waals surface area contributed by atoms with Gasteiger partial charge in [-0.3, -0.25) is 14.3 Å². The van der Waals surface area contributed by atoms with E-state index >= 15 is 0 Å². The molecule has 3 aromatic rings. The van der Waals surface area contributed by atoms with Gasteiger partial charge in [0.2, 0.25) is 0 Å². The fourth-order valence-corrected chi connectivity index (χ4v) is 3.96. The van der Waals surface area contributed by atoms with Crippen molar-refractivity contribution in [3.8, 4) is 0 Å². The van der Waals surface area contributed by atoms with Crippen molar-refractivity contribution < 1.29 is 22.8 Å². The zero-order valence-electron chi connectivity index (χ0n) is 17.8. The van der Waals surface area contributed by atoms with Crippen LogP contribution in [0.25, 0.3) is 0 Å². The van der Waals surface area contributed by atoms with Crippen LogP contribution in [0, 0.1) is 6.92 Å². The van der Waals surface area contributed by atoms with Gasteiger partial charge in [0.15, 0.2) is 0 Å². The number of nitrogens with zero attached hydrogens (tertiary/aromatic N) is 4. The van der Waals surface area contributed by atoms with Gasteiger partial charge in [-0.2, -0.15) is 18.3 Å². The van der Waals surface area contributed by atoms with Crippen molar-refractivity contribution in [2.75, 3.05) is 5.32 Å². The molecule has 0 radical (unpaired) electrons. The quantitative estimate of drug-likeness (QED) is 0.482. The molecule has 3 rings (SSSR count). The van der Waals surface area contributed by atoms with Gasteiger partial charge >= 0.3 is 6.18 Å². The van der Waals surface area contributed by atoms with E-state index in [1.165, 1.54) is 12.4 Å². The van der Waals surface area contributed by atoms with Crippen molar-refractivity contribution >= 4 is 40.6 Å². The summed E-state index contributed by atoms with van der Waals surface area (Å²) in [6, 6.07) is 0.148. The monoisotopic (exact) mass is 500 g/mol. The minimum absolute atomic E-state index is 0.142. The second-order valence-corrected chi connectivity index (χ2v) is 8.60. The van der Waals surface area contributed by atoms with Crippen molar-refractivity contribution in [1.29, 1.82) is 0 Å². The first kappa shape index (κ1) is 24.6. The van der Waals surface area contributed by atoms with Crippen LogP contribution in [0.15, 0.2) is 24.7 Å². The fourth-order valence-electron chi connectivity index (χ4n) is 2.94. The molecule has 0 saturated carbocycles. The number of nitrogens with one attached hydrogen (secondary N) is 2. The molecule has 2 amide bonds. The van der Waals surface area contributed by atoms with Crippen LogP contribution in [0.5, 0.6) is 0 Å². The Labute approximate surface area is 196 Å². The van der Waals surface area contributed by atoms with Crippen molar-refractivity contribution in [2.45, 2.75) is 46.0 Å². The lowest BCUT2D eigenvalue weighted by Gasteiger charge is -2.11. The average molecular weight is 501 g/mol. The molecule has 0 spiro atoms. The maximum Gasteiger partial charge on any atom is 0.418 e. The third-order valence-corrected chi connectivity index (χ3v) is 6.13. The number of hydrogen-bond donors (Lipinski definition) is 2. The van der Waals surface area contributed by atoms with Crippen molar-refractivity contribution in [3.05, 3.63) is 56.4 Å². The van der Waals surface area contributed by atoms with Crippen molar-refractivity contribution in [2.24, 2.45) is 0 Å². The summed E-state index contributed by atoms with van der Waals surface area (Å²) in [5.41, 5.74) is 0.0851. The predicted octanol–water partition coefficient (Wildman–Crippen LogP) is 4.87. The third-order valence-electron chi connectivity index (χ3n) is 4.65. The van der Waals surface area contributed by atoms with Gasteiger partial charge in [-0.05, 0) is 26.3 Å². The smallest absolute Gasteiger partial charge is 0.343 e. The van der Waals surface area contributed by atoms with E-state index in [0.29, 0.717) is 23.2 Å². The van der Waals surface area contributed by atoms with Gasteiger partial charge in [-0.1, -0.05) is 18.5 Å². The molecule has 0 aromatic carbocycles. The molecule has 3 heterocycles. The van der Waals surface area contributed by atoms with E-state index in [1.54, 1.807) is 11.6 Å². The second kappa shape index (κ2) is 9.87. The normalized spacial score (nSPS) is 12.5. The van der Waals surface area contributed by atoms with Gasteiger partial charge in [0.25, 0.3) is 11.8 Å². The number of amides is 2. The topological polar surface area (TPSA) is 102 Å². The molecule has 0 bridgehead atoms. The summed E-state index contributed by atoms with van der Waals surface area (Å²) in [6.45, 7) is 6.23. The number of rotatable bonds is 7. The summed E-state index contributed by atoms with van der Waals surface area (Å²) in [7, 11) is 0. The Hall–Kier alpha value is -2.99. The second-order valence-electron chi connectivity index (χ2n) is 7.13. The van der Waals surface area contributed by atoms with E-state index in [0.717, 1.165) is 29.6 Å². The van der Waals surface area contributed by atoms with E-state index in [2.05, 4.69) is 25.7 Å². The first-order chi connectivity index (χ1) is 15.5. The predicted molar refractivity (Wildman–Crippen MR) is 117 cm³/mol. The molecule has 1 atom stereocenters. The number of anilines is 1. The van der Waals surface area contributed by atoms with Crippen molar-refractivity contribution in [1.82, 2.24) is 25.1 Å². The molecule has 0 aliphatic carbocycles. The fraction of sp³-hybridized carbons (Fsp3) is 0.350. The molecule has 8 nitrogen and oxygen atoms in total. The summed E-state index contributed by atoms with van der Waals surface area (Å²) in [5, 5.41) is 9.20. The molecule has 0 saturated heterocycles. The summed E-state index contributed by atoms with van der Waals surface area (Å²) >= 11 is 6.54. The molecular weight excluding hydrogens is 481 g/mol. The van der Waals surface area contributed by atoms with E-state index in [9.17, 15) is 22.8 Å². The number of hydrogen-bond acceptors (Lipinski definition) is 6. The van der Waals surface area contributed by atoms with Crippen LogP contribution in [-0.2, 0) is 12.7 Å². The van der Waals surface area contributed by atoms with Crippen LogP contribution in [0.1, 0.15) is 62.6 Å². The zero-order valence-corrected chi connectivity index (χ0v) is 19.4. The molecule has 13 heteroatoms. The number of aromatic nitrogens is 4. The minimum atomic E-state index is -4.68. The summed E-state index contributed by atoms with van der Waals surface area (Å²) < 4.78 is 40.8. The Morgan fingerprint density at radius 1 is 1.21 bits per heavy atom. The molecule has 33 heavy (non-hydrogen) atoms. The molecule has 0 unspecified atom stereocenters. The first-order valence-corrected chi connectivity index (χ1v) is 11.0. The number of alkyl halides is 3. The van der Waals surface area contributed by atoms with E-state index in [-0.39, 0.29) is 16.6 Å². The number of halogens is 4. The summed E-state index contributed by atoms with van der Waals surface area (Å²) in [5.74, 6) is -1.31. The van der Waals surface area contributed by atoms with Crippen LogP contribution in [0.3, 0.4) is 0 Å². The SMILES string of the molecule is CCCn1ncc(C(=O)N[C@H](C)c2ncc(C(=O)Nc3cc(C(F)(F)F)c(Cl)cn3)s2)c1C. The van der Waals surface area contributed by atoms with E-state index < -0.39 is 28.7 Å². The standard InChI is InChI=1S/C20H20ClF3N6O2S/c1-4-5-30-11(3)12(7-27-30)17(31)28-10(2)19-26-9-15(33-19)18(32)29-16-6-13(20(22,23)24)14(21)8-25-16/h6-10H,4-5H2,1-3H3,(H,28,31)(H,25,29,32)/t10-/m1/s1. The first-order valence-electron chi connectivity index (χ1n) is 9.84. The lowest BCUT2D eigenvalue weighted by atomic mass is 10.2. The molecule has 2 N–H and O–H groups in total. The van der Waals surface area contributed by atoms with E-state index in [1.807, 2.05) is 13.8 Å². The molecular formula is C20H20ClF3N6O2S. The van der Waals surface area contributed by atoms with Gasteiger partial charge in [-0.25, -0.2) is 9.97 Å². The van der Waals surface area contributed by atoms with Gasteiger partial charge in [0, 0.05) is 18.4 Å². The lowest BCUT2D eigenvalue weighted by Crippen LogP contribution is -2.27. The maximum atomic E-state index is 13.0. The summed E-state index contributed by atoms with van der Waals surface area (Å²) in [6.07, 6.45) is -0.200. The number of aryl methyl sites for hydroxylation is 1. The highest BCUT2D eigenvalue weighted by Gasteiger charge is 2.34. The van der Waals surface area contributed by atoms with Crippen LogP contribution < -0.4 is 10.6 Å². The number of thiazole rings is 1. The largest absolute Gasteiger partial charge is 0.418 e. The van der Waals surface area contributed by atoms with Gasteiger partial charge in [-0.15, -0.1) is 11.3 Å². The molecule has 0 aliphatic heterocycles. The van der Waals surface area contributed by atoms with E-state index in [4.69, 9.17) is 11.6 Å². The van der Waals surface area contributed by atoms with Gasteiger partial charge < -0.3 is 10.6 Å². The Morgan fingerprint density at radius 3 is 2.61 bits per heavy atom. The van der Waals surface area contributed by atoms with Crippen LogP contribution in [0.4, 0.5) is 19.0 Å².